The Morgan fingerprint density at radius 1 is 0.889 bits per heavy atom. The molecule has 0 unspecified atom stereocenters. The van der Waals surface area contributed by atoms with Crippen molar-refractivity contribution in [1.29, 1.82) is 0 Å². The van der Waals surface area contributed by atoms with Gasteiger partial charge < -0.3 is 9.73 Å². The number of aryl methyl sites for hydroxylation is 2. The van der Waals surface area contributed by atoms with E-state index >= 15 is 0 Å². The summed E-state index contributed by atoms with van der Waals surface area (Å²) in [6.45, 7) is 9.09. The van der Waals surface area contributed by atoms with Crippen molar-refractivity contribution in [3.05, 3.63) is 58.9 Å². The van der Waals surface area contributed by atoms with Gasteiger partial charge in [-0.3, -0.25) is 9.11 Å². The van der Waals surface area contributed by atoms with Crippen LogP contribution in [0.25, 0.3) is 33.4 Å². The minimum atomic E-state index is -4.89. The van der Waals surface area contributed by atoms with E-state index in [0.29, 0.717) is 40.9 Å². The molecule has 9 nitrogen and oxygen atoms in total. The fraction of sp³-hybridized carbons (Fsp3) is 0.240. The van der Waals surface area contributed by atoms with Crippen LogP contribution in [0.15, 0.2) is 56.7 Å². The van der Waals surface area contributed by atoms with Gasteiger partial charge in [0.2, 0.25) is 5.36 Å². The summed E-state index contributed by atoms with van der Waals surface area (Å²) < 4.78 is 74.1. The molecule has 0 aromatic heterocycles. The zero-order valence-corrected chi connectivity index (χ0v) is 21.8. The second-order valence-corrected chi connectivity index (χ2v) is 11.3. The molecule has 0 saturated heterocycles. The zero-order valence-electron chi connectivity index (χ0n) is 20.2. The van der Waals surface area contributed by atoms with Gasteiger partial charge in [-0.05, 0) is 57.5 Å². The molecule has 2 aromatic rings. The molecule has 0 fully saturated rings. The molecular formula is C25H27N2O7S2+. The van der Waals surface area contributed by atoms with Crippen LogP contribution in [0.3, 0.4) is 0 Å². The van der Waals surface area contributed by atoms with E-state index in [2.05, 4.69) is 10.3 Å². The van der Waals surface area contributed by atoms with Gasteiger partial charge in [0.05, 0.1) is 11.0 Å². The quantitative estimate of drug-likeness (QED) is 0.219. The Kier molecular flexibility index (Phi) is 6.69. The van der Waals surface area contributed by atoms with Crippen molar-refractivity contribution in [3.63, 3.8) is 0 Å². The average molecular weight is 532 g/mol. The van der Waals surface area contributed by atoms with Crippen molar-refractivity contribution in [2.45, 2.75) is 37.5 Å². The van der Waals surface area contributed by atoms with Crippen LogP contribution in [0.1, 0.15) is 25.0 Å². The first-order chi connectivity index (χ1) is 16.8. The summed E-state index contributed by atoms with van der Waals surface area (Å²) in [5.74, 6) is 0.463. The monoisotopic (exact) mass is 531 g/mol. The van der Waals surface area contributed by atoms with E-state index in [-0.39, 0.29) is 5.56 Å². The average Bonchev–Trinajstić information content (AvgIpc) is 2.78. The van der Waals surface area contributed by atoms with Crippen molar-refractivity contribution in [1.82, 2.24) is 0 Å². The molecule has 2 aliphatic rings. The summed E-state index contributed by atoms with van der Waals surface area (Å²) in [6.07, 6.45) is 0. The van der Waals surface area contributed by atoms with E-state index in [4.69, 9.17) is 4.42 Å². The molecule has 4 rings (SSSR count). The van der Waals surface area contributed by atoms with Gasteiger partial charge in [0.1, 0.15) is 22.8 Å². The molecule has 0 atom stereocenters. The first-order valence-corrected chi connectivity index (χ1v) is 14.1. The molecule has 190 valence electrons. The van der Waals surface area contributed by atoms with Crippen LogP contribution in [0, 0.1) is 13.8 Å². The maximum absolute atomic E-state index is 12.4. The Morgan fingerprint density at radius 2 is 1.61 bits per heavy atom. The van der Waals surface area contributed by atoms with Gasteiger partial charge in [-0.15, -0.1) is 0 Å². The standard InChI is InChI=1S/C25H26N2O7S2/c1-5-26-20-12-22-18(9-14(20)3)25(19-10-15(4)21(27-6-2)13-23(19)34-22)17-8-7-16(35(28,29)30)11-24(17)36(31,32)33/h7-13,26H,5-6H2,1-4H3,(H,28,29,30)(H,31,32,33)/p+1. The van der Waals surface area contributed by atoms with E-state index < -0.39 is 30.0 Å². The Balaban J connectivity index is 2.24. The third-order valence-corrected chi connectivity index (χ3v) is 7.69. The highest BCUT2D eigenvalue weighted by molar-refractivity contribution is 7.86. The van der Waals surface area contributed by atoms with Crippen LogP contribution >= 0.6 is 0 Å². The van der Waals surface area contributed by atoms with E-state index in [1.54, 1.807) is 0 Å². The lowest BCUT2D eigenvalue weighted by atomic mass is 9.91. The minimum absolute atomic E-state index is 0.0712. The number of hydrogen-bond acceptors (Lipinski definition) is 6. The van der Waals surface area contributed by atoms with Crippen LogP contribution in [0.2, 0.25) is 0 Å². The normalized spacial score (nSPS) is 13.0. The van der Waals surface area contributed by atoms with Crippen molar-refractivity contribution >= 4 is 36.9 Å². The summed E-state index contributed by atoms with van der Waals surface area (Å²) in [7, 11) is -9.60. The van der Waals surface area contributed by atoms with Gasteiger partial charge in [0.25, 0.3) is 20.2 Å². The number of nitrogens with one attached hydrogen (secondary N) is 2. The molecule has 1 heterocycles. The summed E-state index contributed by atoms with van der Waals surface area (Å²) in [5, 5.41) is 4.69. The third-order valence-electron chi connectivity index (χ3n) is 5.94. The second-order valence-electron chi connectivity index (χ2n) is 8.47. The lowest BCUT2D eigenvalue weighted by molar-refractivity contribution is -0.496. The molecule has 4 N–H and O–H groups in total. The minimum Gasteiger partial charge on any atom is -0.456 e. The van der Waals surface area contributed by atoms with E-state index in [1.807, 2.05) is 52.0 Å². The van der Waals surface area contributed by atoms with Gasteiger partial charge in [0, 0.05) is 45.9 Å². The molecule has 1 aliphatic heterocycles. The van der Waals surface area contributed by atoms with Gasteiger partial charge in [0.15, 0.2) is 0 Å². The molecule has 36 heavy (non-hydrogen) atoms. The number of anilines is 1. The fourth-order valence-corrected chi connectivity index (χ4v) is 5.64. The summed E-state index contributed by atoms with van der Waals surface area (Å²) >= 11 is 0. The fourth-order valence-electron chi connectivity index (χ4n) is 4.33. The first kappa shape index (κ1) is 25.8. The largest absolute Gasteiger partial charge is 0.456 e. The Bertz CT molecular complexity index is 1760. The number of hydrogen-bond donors (Lipinski definition) is 4. The Labute approximate surface area is 209 Å². The van der Waals surface area contributed by atoms with Gasteiger partial charge in [-0.2, -0.15) is 16.8 Å². The van der Waals surface area contributed by atoms with Gasteiger partial charge in [-0.1, -0.05) is 6.07 Å². The maximum Gasteiger partial charge on any atom is 0.295 e. The molecule has 0 saturated carbocycles. The predicted octanol–water partition coefficient (Wildman–Crippen LogP) is 2.75. The van der Waals surface area contributed by atoms with Crippen molar-refractivity contribution in [3.8, 4) is 22.5 Å². The van der Waals surface area contributed by atoms with E-state index in [0.717, 1.165) is 34.3 Å². The maximum atomic E-state index is 12.4. The van der Waals surface area contributed by atoms with Gasteiger partial charge in [-0.25, -0.2) is 4.99 Å². The highest BCUT2D eigenvalue weighted by Crippen LogP contribution is 2.44. The molecule has 0 bridgehead atoms. The van der Waals surface area contributed by atoms with Crippen LogP contribution < -0.4 is 15.7 Å². The first-order valence-electron chi connectivity index (χ1n) is 11.3. The molecule has 11 heteroatoms. The van der Waals surface area contributed by atoms with E-state index in [1.165, 1.54) is 6.07 Å². The zero-order chi connectivity index (χ0) is 26.4. The van der Waals surface area contributed by atoms with Crippen molar-refractivity contribution < 1.29 is 35.4 Å². The Hall–Kier alpha value is -3.25. The highest BCUT2D eigenvalue weighted by atomic mass is 32.2. The molecule has 0 radical (unpaired) electrons. The number of benzene rings is 3. The van der Waals surface area contributed by atoms with Crippen LogP contribution in [-0.2, 0) is 20.2 Å². The lowest BCUT2D eigenvalue weighted by Gasteiger charge is -2.19. The van der Waals surface area contributed by atoms with Crippen molar-refractivity contribution in [2.75, 3.05) is 18.4 Å². The summed E-state index contributed by atoms with van der Waals surface area (Å²) in [6, 6.07) is 10.5. The predicted molar refractivity (Wildman–Crippen MR) is 136 cm³/mol. The lowest BCUT2D eigenvalue weighted by Crippen LogP contribution is -2.76. The molecule has 2 aromatic carbocycles. The van der Waals surface area contributed by atoms with Crippen LogP contribution in [-0.4, -0.2) is 39.0 Å². The summed E-state index contributed by atoms with van der Waals surface area (Å²) in [4.78, 5) is 1.98. The summed E-state index contributed by atoms with van der Waals surface area (Å²) in [5.41, 5.74) is 4.15. The smallest absolute Gasteiger partial charge is 0.295 e. The second kappa shape index (κ2) is 9.32. The number of rotatable bonds is 6. The Morgan fingerprint density at radius 3 is 2.22 bits per heavy atom. The SMILES string of the molecule is CCNc1cc2oc3cc(=[NH+]CC)c(C)cc-3c(-c3ccc(S(=O)(=O)O)cc3S(=O)(=O)O)c2cc1C. The van der Waals surface area contributed by atoms with E-state index in [9.17, 15) is 25.9 Å². The molecular weight excluding hydrogens is 504 g/mol. The molecule has 0 amide bonds. The molecule has 1 aliphatic carbocycles. The third kappa shape index (κ3) is 4.74. The van der Waals surface area contributed by atoms with Crippen LogP contribution in [0.5, 0.6) is 0 Å². The van der Waals surface area contributed by atoms with Gasteiger partial charge >= 0.3 is 0 Å². The molecule has 0 spiro atoms. The highest BCUT2D eigenvalue weighted by Gasteiger charge is 2.27. The van der Waals surface area contributed by atoms with Crippen molar-refractivity contribution in [2.24, 2.45) is 0 Å². The van der Waals surface area contributed by atoms with Crippen LogP contribution in [0.4, 0.5) is 5.69 Å². The topological polar surface area (TPSA) is 148 Å². The number of fused-ring (bicyclic) bond motifs is 2.